The van der Waals surface area contributed by atoms with Crippen LogP contribution in [0, 0.1) is 0 Å². The van der Waals surface area contributed by atoms with Crippen molar-refractivity contribution in [2.45, 2.75) is 48.9 Å². The molecule has 2 rings (SSSR count). The number of aliphatic carboxylic acids is 1. The van der Waals surface area contributed by atoms with E-state index in [0.29, 0.717) is 17.5 Å². The number of carboxylic acid groups (broad SMARTS) is 1. The molecule has 0 bridgehead atoms. The monoisotopic (exact) mass is 328 g/mol. The molecule has 0 spiro atoms. The normalized spacial score (nSPS) is 15.9. The maximum absolute atomic E-state index is 12.2. The zero-order valence-corrected chi connectivity index (χ0v) is 13.7. The molecule has 7 heteroatoms. The van der Waals surface area contributed by atoms with E-state index in [-0.39, 0.29) is 12.3 Å². The molecule has 0 aliphatic heterocycles. The molecule has 0 radical (unpaired) electrons. The number of hydrogen-bond acceptors (Lipinski definition) is 5. The van der Waals surface area contributed by atoms with Gasteiger partial charge in [-0.1, -0.05) is 31.0 Å². The summed E-state index contributed by atoms with van der Waals surface area (Å²) in [5, 5.41) is 10.5. The lowest BCUT2D eigenvalue weighted by atomic mass is 9.94. The maximum Gasteiger partial charge on any atom is 0.309 e. The zero-order valence-electron chi connectivity index (χ0n) is 12.1. The van der Waals surface area contributed by atoms with Gasteiger partial charge in [0.2, 0.25) is 5.91 Å². The number of thiazole rings is 1. The predicted molar refractivity (Wildman–Crippen MR) is 83.8 cm³/mol. The third-order valence-corrected chi connectivity index (χ3v) is 5.75. The average Bonchev–Trinajstić information content (AvgIpc) is 2.91. The van der Waals surface area contributed by atoms with E-state index < -0.39 is 5.97 Å². The summed E-state index contributed by atoms with van der Waals surface area (Å²) in [6.07, 6.45) is 5.84. The number of carboxylic acids is 1. The molecule has 1 heterocycles. The zero-order chi connectivity index (χ0) is 15.2. The lowest BCUT2D eigenvalue weighted by Crippen LogP contribution is -2.39. The summed E-state index contributed by atoms with van der Waals surface area (Å²) in [4.78, 5) is 28.9. The molecule has 1 aliphatic rings. The Kier molecular flexibility index (Phi) is 6.05. The topological polar surface area (TPSA) is 70.5 Å². The van der Waals surface area contributed by atoms with Gasteiger partial charge < -0.3 is 10.0 Å². The number of nitrogens with zero attached hydrogens (tertiary/aromatic N) is 2. The van der Waals surface area contributed by atoms with Gasteiger partial charge in [-0.25, -0.2) is 4.98 Å². The third kappa shape index (κ3) is 5.00. The lowest BCUT2D eigenvalue weighted by Gasteiger charge is -2.31. The Balaban J connectivity index is 1.80. The molecule has 1 fully saturated rings. The first-order chi connectivity index (χ1) is 10.1. The van der Waals surface area contributed by atoms with Gasteiger partial charge in [-0.3, -0.25) is 9.59 Å². The van der Waals surface area contributed by atoms with Gasteiger partial charge in [-0.05, 0) is 12.8 Å². The van der Waals surface area contributed by atoms with Gasteiger partial charge in [0, 0.05) is 18.5 Å². The first-order valence-corrected chi connectivity index (χ1v) is 8.97. The molecule has 0 saturated heterocycles. The first-order valence-electron chi connectivity index (χ1n) is 7.11. The number of amides is 1. The van der Waals surface area contributed by atoms with Crippen molar-refractivity contribution in [2.24, 2.45) is 0 Å². The Hall–Kier alpha value is -1.08. The summed E-state index contributed by atoms with van der Waals surface area (Å²) in [6, 6.07) is 0.380. The molecule has 21 heavy (non-hydrogen) atoms. The summed E-state index contributed by atoms with van der Waals surface area (Å²) >= 11 is 2.79. The second-order valence-corrected chi connectivity index (χ2v) is 7.34. The standard InChI is InChI=1S/C14H20N2O3S2/c1-16(11-5-3-2-4-6-11)12(17)9-21-14-15-10(8-20-14)7-13(18)19/h8,11H,2-7,9H2,1H3,(H,18,19). The van der Waals surface area contributed by atoms with Crippen LogP contribution in [0.15, 0.2) is 9.72 Å². The summed E-state index contributed by atoms with van der Waals surface area (Å²) in [6.45, 7) is 0. The van der Waals surface area contributed by atoms with Gasteiger partial charge in [0.15, 0.2) is 4.34 Å². The molecule has 1 N–H and O–H groups in total. The highest BCUT2D eigenvalue weighted by Crippen LogP contribution is 2.25. The Labute approximate surface area is 132 Å². The fourth-order valence-electron chi connectivity index (χ4n) is 2.49. The number of carbonyl (C=O) groups excluding carboxylic acids is 1. The molecule has 116 valence electrons. The van der Waals surface area contributed by atoms with Crippen molar-refractivity contribution in [3.05, 3.63) is 11.1 Å². The molecule has 1 aromatic heterocycles. The van der Waals surface area contributed by atoms with Gasteiger partial charge >= 0.3 is 5.97 Å². The summed E-state index contributed by atoms with van der Waals surface area (Å²) in [5.74, 6) is -0.389. The number of hydrogen-bond donors (Lipinski definition) is 1. The van der Waals surface area contributed by atoms with Gasteiger partial charge in [0.1, 0.15) is 0 Å². The Morgan fingerprint density at radius 1 is 1.43 bits per heavy atom. The molecule has 1 aliphatic carbocycles. The van der Waals surface area contributed by atoms with Crippen LogP contribution < -0.4 is 0 Å². The minimum Gasteiger partial charge on any atom is -0.481 e. The molecule has 0 atom stereocenters. The van der Waals surface area contributed by atoms with E-state index in [0.717, 1.165) is 17.2 Å². The van der Waals surface area contributed by atoms with Gasteiger partial charge in [-0.2, -0.15) is 0 Å². The quantitative estimate of drug-likeness (QED) is 0.813. The van der Waals surface area contributed by atoms with Crippen LogP contribution in [0.25, 0.3) is 0 Å². The van der Waals surface area contributed by atoms with E-state index in [1.54, 1.807) is 5.38 Å². The van der Waals surface area contributed by atoms with Crippen LogP contribution in [0.3, 0.4) is 0 Å². The van der Waals surface area contributed by atoms with Crippen LogP contribution in [0.4, 0.5) is 0 Å². The maximum atomic E-state index is 12.2. The molecular weight excluding hydrogens is 308 g/mol. The molecule has 0 aromatic carbocycles. The van der Waals surface area contributed by atoms with Crippen LogP contribution in [0.2, 0.25) is 0 Å². The van der Waals surface area contributed by atoms with E-state index >= 15 is 0 Å². The van der Waals surface area contributed by atoms with Crippen molar-refractivity contribution in [3.8, 4) is 0 Å². The van der Waals surface area contributed by atoms with E-state index in [1.165, 1.54) is 42.4 Å². The van der Waals surface area contributed by atoms with Crippen molar-refractivity contribution >= 4 is 35.0 Å². The highest BCUT2D eigenvalue weighted by Gasteiger charge is 2.22. The fraction of sp³-hybridized carbons (Fsp3) is 0.643. The predicted octanol–water partition coefficient (Wildman–Crippen LogP) is 2.65. The Morgan fingerprint density at radius 2 is 2.14 bits per heavy atom. The van der Waals surface area contributed by atoms with Gasteiger partial charge in [0.25, 0.3) is 0 Å². The lowest BCUT2D eigenvalue weighted by molar-refractivity contribution is -0.136. The second kappa shape index (κ2) is 7.79. The minimum atomic E-state index is -0.884. The molecular formula is C14H20N2O3S2. The van der Waals surface area contributed by atoms with Gasteiger partial charge in [0.05, 0.1) is 17.9 Å². The highest BCUT2D eigenvalue weighted by atomic mass is 32.2. The smallest absolute Gasteiger partial charge is 0.309 e. The van der Waals surface area contributed by atoms with Crippen molar-refractivity contribution < 1.29 is 14.7 Å². The Bertz CT molecular complexity index is 498. The van der Waals surface area contributed by atoms with Crippen molar-refractivity contribution in [2.75, 3.05) is 12.8 Å². The second-order valence-electron chi connectivity index (χ2n) is 5.26. The Morgan fingerprint density at radius 3 is 2.81 bits per heavy atom. The van der Waals surface area contributed by atoms with Crippen LogP contribution in [0.5, 0.6) is 0 Å². The van der Waals surface area contributed by atoms with E-state index in [4.69, 9.17) is 5.11 Å². The molecule has 0 unspecified atom stereocenters. The number of thioether (sulfide) groups is 1. The molecule has 1 saturated carbocycles. The van der Waals surface area contributed by atoms with Crippen LogP contribution in [-0.2, 0) is 16.0 Å². The summed E-state index contributed by atoms with van der Waals surface area (Å²) in [5.41, 5.74) is 0.558. The highest BCUT2D eigenvalue weighted by molar-refractivity contribution is 8.01. The van der Waals surface area contributed by atoms with Crippen LogP contribution in [0.1, 0.15) is 37.8 Å². The number of rotatable bonds is 6. The summed E-state index contributed by atoms with van der Waals surface area (Å²) < 4.78 is 0.761. The van der Waals surface area contributed by atoms with Crippen molar-refractivity contribution in [1.29, 1.82) is 0 Å². The molecule has 1 amide bonds. The van der Waals surface area contributed by atoms with E-state index in [1.807, 2.05) is 11.9 Å². The van der Waals surface area contributed by atoms with E-state index in [2.05, 4.69) is 4.98 Å². The summed E-state index contributed by atoms with van der Waals surface area (Å²) in [7, 11) is 1.89. The van der Waals surface area contributed by atoms with Crippen LogP contribution in [-0.4, -0.2) is 45.7 Å². The molecule has 1 aromatic rings. The fourth-order valence-corrected chi connectivity index (χ4v) is 4.26. The SMILES string of the molecule is CN(C(=O)CSc1nc(CC(=O)O)cs1)C1CCCCC1. The van der Waals surface area contributed by atoms with Gasteiger partial charge in [-0.15, -0.1) is 11.3 Å². The number of carbonyl (C=O) groups is 2. The average molecular weight is 328 g/mol. The largest absolute Gasteiger partial charge is 0.481 e. The number of aromatic nitrogens is 1. The van der Waals surface area contributed by atoms with Crippen LogP contribution >= 0.6 is 23.1 Å². The van der Waals surface area contributed by atoms with Crippen molar-refractivity contribution in [3.63, 3.8) is 0 Å². The van der Waals surface area contributed by atoms with E-state index in [9.17, 15) is 9.59 Å². The first kappa shape index (κ1) is 16.3. The molecule has 5 nitrogen and oxygen atoms in total. The van der Waals surface area contributed by atoms with Crippen molar-refractivity contribution in [1.82, 2.24) is 9.88 Å². The minimum absolute atomic E-state index is 0.0625. The third-order valence-electron chi connectivity index (χ3n) is 3.70.